The minimum absolute atomic E-state index is 0.152. The largest absolute Gasteiger partial charge is 0.324 e. The van der Waals surface area contributed by atoms with Gasteiger partial charge in [-0.25, -0.2) is 12.7 Å². The van der Waals surface area contributed by atoms with Gasteiger partial charge in [0.1, 0.15) is 0 Å². The van der Waals surface area contributed by atoms with Gasteiger partial charge in [0.05, 0.1) is 24.1 Å². The van der Waals surface area contributed by atoms with E-state index in [1.54, 1.807) is 24.5 Å². The molecule has 1 fully saturated rings. The number of rotatable bonds is 3. The van der Waals surface area contributed by atoms with Crippen LogP contribution in [0.3, 0.4) is 0 Å². The number of piperidine rings is 1. The Balaban J connectivity index is 2.00. The summed E-state index contributed by atoms with van der Waals surface area (Å²) in [6, 6.07) is 3.49. The second-order valence-corrected chi connectivity index (χ2v) is 6.67. The average molecular weight is 283 g/mol. The molecule has 19 heavy (non-hydrogen) atoms. The van der Waals surface area contributed by atoms with E-state index in [0.717, 1.165) is 0 Å². The Hall–Kier alpha value is -1.47. The molecule has 1 aromatic rings. The Bertz CT molecular complexity index is 545. The number of hydrogen-bond acceptors (Lipinski definition) is 4. The van der Waals surface area contributed by atoms with Crippen LogP contribution < -0.4 is 5.32 Å². The molecule has 7 heteroatoms. The average Bonchev–Trinajstić information content (AvgIpc) is 2.39. The summed E-state index contributed by atoms with van der Waals surface area (Å²) in [7, 11) is -3.22. The third-order valence-corrected chi connectivity index (χ3v) is 4.42. The number of pyridine rings is 1. The molecule has 0 aromatic carbocycles. The molecule has 0 spiro atoms. The van der Waals surface area contributed by atoms with Crippen molar-refractivity contribution in [2.24, 2.45) is 5.92 Å². The normalized spacial score (nSPS) is 21.0. The summed E-state index contributed by atoms with van der Waals surface area (Å²) in [6.45, 7) is 0.750. The maximum absolute atomic E-state index is 12.1. The van der Waals surface area contributed by atoms with E-state index in [9.17, 15) is 13.2 Å². The first kappa shape index (κ1) is 14.0. The minimum Gasteiger partial charge on any atom is -0.324 e. The summed E-state index contributed by atoms with van der Waals surface area (Å²) in [5.74, 6) is -0.454. The molecule has 1 amide bonds. The lowest BCUT2D eigenvalue weighted by Gasteiger charge is -2.30. The van der Waals surface area contributed by atoms with Crippen LogP contribution in [-0.2, 0) is 14.8 Å². The van der Waals surface area contributed by atoms with Gasteiger partial charge in [-0.05, 0) is 25.0 Å². The number of hydrogen-bond donors (Lipinski definition) is 1. The lowest BCUT2D eigenvalue weighted by Crippen LogP contribution is -2.43. The molecule has 0 bridgehead atoms. The molecule has 104 valence electrons. The van der Waals surface area contributed by atoms with Gasteiger partial charge >= 0.3 is 0 Å². The fraction of sp³-hybridized carbons (Fsp3) is 0.500. The molecular formula is C12H17N3O3S. The molecule has 6 nitrogen and oxygen atoms in total. The van der Waals surface area contributed by atoms with E-state index < -0.39 is 10.0 Å². The van der Waals surface area contributed by atoms with E-state index in [2.05, 4.69) is 10.3 Å². The number of anilines is 1. The molecule has 0 unspecified atom stereocenters. The zero-order valence-corrected chi connectivity index (χ0v) is 11.6. The predicted octanol–water partition coefficient (Wildman–Crippen LogP) is 0.692. The molecule has 2 rings (SSSR count). The number of aromatic nitrogens is 1. The number of sulfonamides is 1. The second-order valence-electron chi connectivity index (χ2n) is 4.69. The van der Waals surface area contributed by atoms with Crippen molar-refractivity contribution >= 4 is 21.6 Å². The van der Waals surface area contributed by atoms with E-state index >= 15 is 0 Å². The zero-order chi connectivity index (χ0) is 13.9. The van der Waals surface area contributed by atoms with E-state index in [1.165, 1.54) is 10.6 Å². The van der Waals surface area contributed by atoms with Crippen molar-refractivity contribution in [3.8, 4) is 0 Å². The van der Waals surface area contributed by atoms with Gasteiger partial charge in [0, 0.05) is 19.3 Å². The van der Waals surface area contributed by atoms with Gasteiger partial charge in [-0.1, -0.05) is 0 Å². The first-order valence-corrected chi connectivity index (χ1v) is 7.97. The highest BCUT2D eigenvalue weighted by atomic mass is 32.2. The van der Waals surface area contributed by atoms with Crippen molar-refractivity contribution in [1.29, 1.82) is 0 Å². The molecule has 1 aliphatic rings. The van der Waals surface area contributed by atoms with E-state index in [-0.39, 0.29) is 18.4 Å². The Morgan fingerprint density at radius 1 is 1.53 bits per heavy atom. The van der Waals surface area contributed by atoms with Crippen LogP contribution in [0, 0.1) is 5.92 Å². The Morgan fingerprint density at radius 3 is 2.95 bits per heavy atom. The first-order chi connectivity index (χ1) is 8.97. The van der Waals surface area contributed by atoms with E-state index in [4.69, 9.17) is 0 Å². The number of amides is 1. The Morgan fingerprint density at radius 2 is 2.32 bits per heavy atom. The Kier molecular flexibility index (Phi) is 4.16. The lowest BCUT2D eigenvalue weighted by atomic mass is 9.99. The SMILES string of the molecule is CS(=O)(=O)N1CCC[C@@H](C(=O)Nc2cccnc2)C1. The highest BCUT2D eigenvalue weighted by Crippen LogP contribution is 2.20. The summed E-state index contributed by atoms with van der Waals surface area (Å²) >= 11 is 0. The summed E-state index contributed by atoms with van der Waals surface area (Å²) < 4.78 is 24.4. The van der Waals surface area contributed by atoms with Gasteiger partial charge < -0.3 is 5.32 Å². The van der Waals surface area contributed by atoms with Gasteiger partial charge in [-0.2, -0.15) is 0 Å². The summed E-state index contributed by atoms with van der Waals surface area (Å²) in [5, 5.41) is 2.76. The van der Waals surface area contributed by atoms with Crippen LogP contribution in [-0.4, -0.2) is 43.0 Å². The molecular weight excluding hydrogens is 266 g/mol. The number of nitrogens with one attached hydrogen (secondary N) is 1. The smallest absolute Gasteiger partial charge is 0.228 e. The van der Waals surface area contributed by atoms with Crippen LogP contribution in [0.1, 0.15) is 12.8 Å². The summed E-state index contributed by atoms with van der Waals surface area (Å²) in [4.78, 5) is 16.0. The molecule has 1 atom stereocenters. The van der Waals surface area contributed by atoms with E-state index in [1.807, 2.05) is 0 Å². The molecule has 0 saturated carbocycles. The molecule has 1 aromatic heterocycles. The van der Waals surface area contributed by atoms with Gasteiger partial charge in [-0.3, -0.25) is 9.78 Å². The molecule has 0 radical (unpaired) electrons. The highest BCUT2D eigenvalue weighted by Gasteiger charge is 2.30. The molecule has 2 heterocycles. The van der Waals surface area contributed by atoms with E-state index in [0.29, 0.717) is 25.1 Å². The van der Waals surface area contributed by atoms with Crippen LogP contribution in [0.15, 0.2) is 24.5 Å². The van der Waals surface area contributed by atoms with Gasteiger partial charge in [0.25, 0.3) is 0 Å². The van der Waals surface area contributed by atoms with Crippen molar-refractivity contribution in [2.75, 3.05) is 24.7 Å². The van der Waals surface area contributed by atoms with Crippen LogP contribution in [0.4, 0.5) is 5.69 Å². The molecule has 1 saturated heterocycles. The van der Waals surface area contributed by atoms with Crippen LogP contribution in [0.25, 0.3) is 0 Å². The molecule has 1 N–H and O–H groups in total. The van der Waals surface area contributed by atoms with Crippen molar-refractivity contribution in [3.05, 3.63) is 24.5 Å². The monoisotopic (exact) mass is 283 g/mol. The number of nitrogens with zero attached hydrogens (tertiary/aromatic N) is 2. The van der Waals surface area contributed by atoms with Crippen LogP contribution >= 0.6 is 0 Å². The van der Waals surface area contributed by atoms with Crippen molar-refractivity contribution in [2.45, 2.75) is 12.8 Å². The number of carbonyl (C=O) groups is 1. The second kappa shape index (κ2) is 5.66. The quantitative estimate of drug-likeness (QED) is 0.885. The standard InChI is InChI=1S/C12H17N3O3S/c1-19(17,18)15-7-3-4-10(9-15)12(16)14-11-5-2-6-13-8-11/h2,5-6,8,10H,3-4,7,9H2,1H3,(H,14,16)/t10-/m1/s1. The van der Waals surface area contributed by atoms with Gasteiger partial charge in [0.15, 0.2) is 0 Å². The van der Waals surface area contributed by atoms with Gasteiger partial charge in [0.2, 0.25) is 15.9 Å². The van der Waals surface area contributed by atoms with Crippen LogP contribution in [0.2, 0.25) is 0 Å². The van der Waals surface area contributed by atoms with Crippen molar-refractivity contribution < 1.29 is 13.2 Å². The first-order valence-electron chi connectivity index (χ1n) is 6.13. The maximum atomic E-state index is 12.1. The van der Waals surface area contributed by atoms with Gasteiger partial charge in [-0.15, -0.1) is 0 Å². The maximum Gasteiger partial charge on any atom is 0.228 e. The summed E-state index contributed by atoms with van der Waals surface area (Å²) in [6.07, 6.45) is 5.78. The fourth-order valence-corrected chi connectivity index (χ4v) is 3.05. The fourth-order valence-electron chi connectivity index (χ4n) is 2.14. The third-order valence-electron chi connectivity index (χ3n) is 3.15. The predicted molar refractivity (Wildman–Crippen MR) is 72.0 cm³/mol. The molecule has 0 aliphatic carbocycles. The van der Waals surface area contributed by atoms with Crippen molar-refractivity contribution in [3.63, 3.8) is 0 Å². The highest BCUT2D eigenvalue weighted by molar-refractivity contribution is 7.88. The topological polar surface area (TPSA) is 79.4 Å². The minimum atomic E-state index is -3.22. The molecule has 1 aliphatic heterocycles. The van der Waals surface area contributed by atoms with Crippen LogP contribution in [0.5, 0.6) is 0 Å². The Labute approximate surface area is 112 Å². The van der Waals surface area contributed by atoms with Crippen molar-refractivity contribution in [1.82, 2.24) is 9.29 Å². The summed E-state index contributed by atoms with van der Waals surface area (Å²) in [5.41, 5.74) is 0.629. The number of carbonyl (C=O) groups excluding carboxylic acids is 1. The lowest BCUT2D eigenvalue weighted by molar-refractivity contribution is -0.120. The zero-order valence-electron chi connectivity index (χ0n) is 10.7. The third kappa shape index (κ3) is 3.74.